The largest absolute Gasteiger partial charge is 0.370 e. The van der Waals surface area contributed by atoms with Gasteiger partial charge in [0.25, 0.3) is 0 Å². The van der Waals surface area contributed by atoms with Crippen LogP contribution in [0.15, 0.2) is 29.5 Å². The average Bonchev–Trinajstić information content (AvgIpc) is 2.28. The Hall–Kier alpha value is -1.69. The van der Waals surface area contributed by atoms with E-state index in [1.807, 2.05) is 19.1 Å². The fourth-order valence-corrected chi connectivity index (χ4v) is 1.23. The maximum atomic E-state index is 5.56. The molecule has 6 heteroatoms. The van der Waals surface area contributed by atoms with Crippen molar-refractivity contribution in [1.82, 2.24) is 15.6 Å². The molecule has 86 valence electrons. The Labute approximate surface area is 100 Å². The quantitative estimate of drug-likeness (QED) is 0.402. The second-order valence-electron chi connectivity index (χ2n) is 3.02. The summed E-state index contributed by atoms with van der Waals surface area (Å²) in [7, 11) is 0. The van der Waals surface area contributed by atoms with E-state index in [9.17, 15) is 0 Å². The fraction of sp³-hybridized carbons (Fsp3) is 0.300. The van der Waals surface area contributed by atoms with E-state index in [4.69, 9.17) is 18.0 Å². The van der Waals surface area contributed by atoms with Gasteiger partial charge in [0.15, 0.2) is 11.1 Å². The van der Waals surface area contributed by atoms with E-state index >= 15 is 0 Å². The Bertz CT molecular complexity index is 363. The zero-order valence-corrected chi connectivity index (χ0v) is 9.92. The summed E-state index contributed by atoms with van der Waals surface area (Å²) in [5.41, 5.74) is 6.66. The Morgan fingerprint density at radius 1 is 1.50 bits per heavy atom. The van der Waals surface area contributed by atoms with Crippen LogP contribution in [0.1, 0.15) is 12.5 Å². The van der Waals surface area contributed by atoms with Crippen LogP contribution >= 0.6 is 12.2 Å². The number of nitrogens with zero attached hydrogens (tertiary/aromatic N) is 2. The highest BCUT2D eigenvalue weighted by molar-refractivity contribution is 7.80. The van der Waals surface area contributed by atoms with E-state index in [0.29, 0.717) is 24.2 Å². The van der Waals surface area contributed by atoms with Crippen molar-refractivity contribution < 1.29 is 0 Å². The van der Waals surface area contributed by atoms with Crippen LogP contribution in [0.2, 0.25) is 0 Å². The molecule has 0 unspecified atom stereocenters. The van der Waals surface area contributed by atoms with E-state index in [1.54, 1.807) is 12.4 Å². The first-order valence-electron chi connectivity index (χ1n) is 4.96. The van der Waals surface area contributed by atoms with Gasteiger partial charge >= 0.3 is 0 Å². The van der Waals surface area contributed by atoms with E-state index in [0.717, 1.165) is 5.56 Å². The maximum absolute atomic E-state index is 5.56. The molecule has 1 aromatic heterocycles. The summed E-state index contributed by atoms with van der Waals surface area (Å²) < 4.78 is 0. The van der Waals surface area contributed by atoms with E-state index in [-0.39, 0.29) is 0 Å². The molecule has 0 amide bonds. The monoisotopic (exact) mass is 237 g/mol. The van der Waals surface area contributed by atoms with Crippen molar-refractivity contribution in [2.75, 3.05) is 6.54 Å². The number of hydrogen-bond acceptors (Lipinski definition) is 3. The third-order valence-electron chi connectivity index (χ3n) is 1.77. The summed E-state index contributed by atoms with van der Waals surface area (Å²) in [5, 5.41) is 6.27. The molecule has 0 spiro atoms. The lowest BCUT2D eigenvalue weighted by atomic mass is 10.3. The van der Waals surface area contributed by atoms with Gasteiger partial charge in [-0.3, -0.25) is 9.98 Å². The molecule has 0 aromatic carbocycles. The number of aliphatic imine (C=N–C) groups is 1. The van der Waals surface area contributed by atoms with Gasteiger partial charge in [0.05, 0.1) is 0 Å². The molecule has 0 atom stereocenters. The van der Waals surface area contributed by atoms with Crippen molar-refractivity contribution in [2.45, 2.75) is 13.5 Å². The molecule has 0 fully saturated rings. The van der Waals surface area contributed by atoms with Crippen LogP contribution in [0.25, 0.3) is 0 Å². The number of nitrogens with one attached hydrogen (secondary N) is 2. The van der Waals surface area contributed by atoms with Crippen molar-refractivity contribution in [1.29, 1.82) is 0 Å². The zero-order chi connectivity index (χ0) is 11.8. The van der Waals surface area contributed by atoms with Gasteiger partial charge in [-0.15, -0.1) is 0 Å². The number of hydrogen-bond donors (Lipinski definition) is 3. The highest BCUT2D eigenvalue weighted by Gasteiger charge is 1.97. The number of rotatable bonds is 3. The van der Waals surface area contributed by atoms with Gasteiger partial charge in [-0.05, 0) is 36.8 Å². The maximum Gasteiger partial charge on any atom is 0.194 e. The smallest absolute Gasteiger partial charge is 0.194 e. The first-order valence-corrected chi connectivity index (χ1v) is 5.37. The molecule has 5 nitrogen and oxygen atoms in total. The summed E-state index contributed by atoms with van der Waals surface area (Å²) in [4.78, 5) is 7.90. The third kappa shape index (κ3) is 4.70. The topological polar surface area (TPSA) is 75.3 Å². The van der Waals surface area contributed by atoms with Gasteiger partial charge in [-0.2, -0.15) is 0 Å². The third-order valence-corrected chi connectivity index (χ3v) is 2.02. The molecule has 0 radical (unpaired) electrons. The molecule has 0 aliphatic heterocycles. The van der Waals surface area contributed by atoms with Crippen LogP contribution < -0.4 is 16.4 Å². The van der Waals surface area contributed by atoms with Crippen molar-refractivity contribution >= 4 is 23.3 Å². The van der Waals surface area contributed by atoms with Gasteiger partial charge < -0.3 is 16.4 Å². The molecule has 0 saturated carbocycles. The van der Waals surface area contributed by atoms with Gasteiger partial charge in [0.1, 0.15) is 0 Å². The normalized spacial score (nSPS) is 10.9. The number of thiocarbonyl (C=S) groups is 1. The lowest BCUT2D eigenvalue weighted by molar-refractivity contribution is 0.900. The molecule has 1 aromatic rings. The number of pyridine rings is 1. The molecular weight excluding hydrogens is 222 g/mol. The molecule has 1 rings (SSSR count). The SMILES string of the molecule is CCN=C(N)NC(=S)NCc1ccncc1. The van der Waals surface area contributed by atoms with Crippen molar-refractivity contribution in [3.05, 3.63) is 30.1 Å². The first-order chi connectivity index (χ1) is 7.72. The second-order valence-corrected chi connectivity index (χ2v) is 3.43. The van der Waals surface area contributed by atoms with E-state index in [2.05, 4.69) is 20.6 Å². The van der Waals surface area contributed by atoms with E-state index in [1.165, 1.54) is 0 Å². The second kappa shape index (κ2) is 6.73. The highest BCUT2D eigenvalue weighted by atomic mass is 32.1. The van der Waals surface area contributed by atoms with Crippen molar-refractivity contribution in [2.24, 2.45) is 10.7 Å². The van der Waals surface area contributed by atoms with Gasteiger partial charge in [-0.1, -0.05) is 0 Å². The molecular formula is C10H15N5S. The molecule has 0 aliphatic rings. The Morgan fingerprint density at radius 2 is 2.19 bits per heavy atom. The van der Waals surface area contributed by atoms with Crippen LogP contribution in [0, 0.1) is 0 Å². The molecule has 0 saturated heterocycles. The summed E-state index contributed by atoms with van der Waals surface area (Å²) in [6.07, 6.45) is 3.47. The molecule has 4 N–H and O–H groups in total. The van der Waals surface area contributed by atoms with E-state index < -0.39 is 0 Å². The van der Waals surface area contributed by atoms with Crippen molar-refractivity contribution in [3.8, 4) is 0 Å². The van der Waals surface area contributed by atoms with Crippen LogP contribution in [-0.2, 0) is 6.54 Å². The van der Waals surface area contributed by atoms with Crippen LogP contribution in [0.4, 0.5) is 0 Å². The summed E-state index contributed by atoms with van der Waals surface area (Å²) in [6.45, 7) is 3.17. The van der Waals surface area contributed by atoms with Crippen LogP contribution in [-0.4, -0.2) is 22.6 Å². The van der Waals surface area contributed by atoms with Gasteiger partial charge in [0.2, 0.25) is 0 Å². The lowest BCUT2D eigenvalue weighted by Crippen LogP contribution is -2.42. The number of nitrogens with two attached hydrogens (primary N) is 1. The molecule has 0 bridgehead atoms. The number of guanidine groups is 1. The zero-order valence-electron chi connectivity index (χ0n) is 9.10. The van der Waals surface area contributed by atoms with Crippen molar-refractivity contribution in [3.63, 3.8) is 0 Å². The summed E-state index contributed by atoms with van der Waals surface area (Å²) in [6, 6.07) is 3.83. The predicted molar refractivity (Wildman–Crippen MR) is 69.0 cm³/mol. The minimum absolute atomic E-state index is 0.328. The summed E-state index contributed by atoms with van der Waals surface area (Å²) in [5.74, 6) is 0.328. The van der Waals surface area contributed by atoms with Crippen LogP contribution in [0.5, 0.6) is 0 Å². The summed E-state index contributed by atoms with van der Waals surface area (Å²) >= 11 is 5.04. The molecule has 0 aliphatic carbocycles. The molecule has 16 heavy (non-hydrogen) atoms. The van der Waals surface area contributed by atoms with Crippen LogP contribution in [0.3, 0.4) is 0 Å². The minimum Gasteiger partial charge on any atom is -0.370 e. The fourth-order valence-electron chi connectivity index (χ4n) is 1.05. The first kappa shape index (κ1) is 12.4. The predicted octanol–water partition coefficient (Wildman–Crippen LogP) is 0.380. The lowest BCUT2D eigenvalue weighted by Gasteiger charge is -2.09. The number of aromatic nitrogens is 1. The average molecular weight is 237 g/mol. The molecule has 1 heterocycles. The van der Waals surface area contributed by atoms with Gasteiger partial charge in [-0.25, -0.2) is 0 Å². The standard InChI is InChI=1S/C10H15N5S/c1-2-13-9(11)15-10(16)14-7-8-3-5-12-6-4-8/h3-6H,2,7H2,1H3,(H4,11,13,14,15,16). The minimum atomic E-state index is 0.328. The van der Waals surface area contributed by atoms with Gasteiger partial charge in [0, 0.05) is 25.5 Å². The Kier molecular flexibility index (Phi) is 5.21. The Balaban J connectivity index is 2.33. The highest BCUT2D eigenvalue weighted by Crippen LogP contribution is 1.94. The Morgan fingerprint density at radius 3 is 2.81 bits per heavy atom.